The van der Waals surface area contributed by atoms with Crippen molar-refractivity contribution in [3.8, 4) is 0 Å². The standard InChI is InChI=1S/C12H18BrN3O2S/c1-3-6-14-12-11(7-9(13)8-15-12)19(17,18)16(2)10-4-5-10/h7-8,10H,3-6H2,1-2H3,(H,14,15). The van der Waals surface area contributed by atoms with Gasteiger partial charge in [-0.15, -0.1) is 0 Å². The number of sulfonamides is 1. The van der Waals surface area contributed by atoms with E-state index in [1.165, 1.54) is 4.31 Å². The highest BCUT2D eigenvalue weighted by Crippen LogP contribution is 2.33. The third-order valence-corrected chi connectivity index (χ3v) is 5.44. The Balaban J connectivity index is 2.38. The average Bonchev–Trinajstić information content (AvgIpc) is 3.20. The van der Waals surface area contributed by atoms with E-state index < -0.39 is 10.0 Å². The molecule has 0 bridgehead atoms. The summed E-state index contributed by atoms with van der Waals surface area (Å²) in [4.78, 5) is 4.42. The normalized spacial score (nSPS) is 15.8. The second kappa shape index (κ2) is 5.76. The Morgan fingerprint density at radius 2 is 2.21 bits per heavy atom. The highest BCUT2D eigenvalue weighted by Gasteiger charge is 2.36. The topological polar surface area (TPSA) is 62.3 Å². The fourth-order valence-corrected chi connectivity index (χ4v) is 3.82. The quantitative estimate of drug-likeness (QED) is 0.858. The molecular formula is C12H18BrN3O2S. The number of hydrogen-bond donors (Lipinski definition) is 1. The van der Waals surface area contributed by atoms with Crippen molar-refractivity contribution < 1.29 is 8.42 Å². The Bertz CT molecular complexity index is 558. The molecule has 106 valence electrons. The molecule has 5 nitrogen and oxygen atoms in total. The Hall–Kier alpha value is -0.660. The number of aromatic nitrogens is 1. The van der Waals surface area contributed by atoms with Gasteiger partial charge in [-0.2, -0.15) is 4.31 Å². The van der Waals surface area contributed by atoms with Gasteiger partial charge >= 0.3 is 0 Å². The van der Waals surface area contributed by atoms with Crippen molar-refractivity contribution in [1.29, 1.82) is 0 Å². The fraction of sp³-hybridized carbons (Fsp3) is 0.583. The predicted octanol–water partition coefficient (Wildman–Crippen LogP) is 2.45. The highest BCUT2D eigenvalue weighted by atomic mass is 79.9. The summed E-state index contributed by atoms with van der Waals surface area (Å²) in [6.07, 6.45) is 4.40. The van der Waals surface area contributed by atoms with E-state index in [2.05, 4.69) is 26.2 Å². The van der Waals surface area contributed by atoms with Crippen molar-refractivity contribution in [3.05, 3.63) is 16.7 Å². The van der Waals surface area contributed by atoms with Crippen LogP contribution >= 0.6 is 15.9 Å². The molecule has 0 atom stereocenters. The Kier molecular flexibility index (Phi) is 4.47. The van der Waals surface area contributed by atoms with Crippen LogP contribution in [0.1, 0.15) is 26.2 Å². The molecule has 7 heteroatoms. The fourth-order valence-electron chi connectivity index (χ4n) is 1.78. The summed E-state index contributed by atoms with van der Waals surface area (Å²) in [7, 11) is -1.84. The molecule has 1 heterocycles. The maximum atomic E-state index is 12.6. The van der Waals surface area contributed by atoms with Gasteiger partial charge in [-0.05, 0) is 41.3 Å². The molecule has 0 aliphatic heterocycles. The van der Waals surface area contributed by atoms with Gasteiger partial charge in [-0.3, -0.25) is 0 Å². The molecule has 0 radical (unpaired) electrons. The molecule has 0 unspecified atom stereocenters. The van der Waals surface area contributed by atoms with E-state index in [4.69, 9.17) is 0 Å². The SMILES string of the molecule is CCCNc1ncc(Br)cc1S(=O)(=O)N(C)C1CC1. The van der Waals surface area contributed by atoms with Gasteiger partial charge in [0.1, 0.15) is 10.7 Å². The lowest BCUT2D eigenvalue weighted by atomic mass is 10.4. The lowest BCUT2D eigenvalue weighted by Gasteiger charge is -2.18. The molecule has 1 aromatic heterocycles. The molecule has 0 amide bonds. The molecule has 1 N–H and O–H groups in total. The number of rotatable bonds is 6. The summed E-state index contributed by atoms with van der Waals surface area (Å²) >= 11 is 3.29. The minimum absolute atomic E-state index is 0.142. The van der Waals surface area contributed by atoms with Crippen molar-refractivity contribution >= 4 is 31.8 Å². The lowest BCUT2D eigenvalue weighted by molar-refractivity contribution is 0.464. The largest absolute Gasteiger partial charge is 0.369 e. The van der Waals surface area contributed by atoms with Crippen LogP contribution in [0.25, 0.3) is 0 Å². The van der Waals surface area contributed by atoms with Gasteiger partial charge in [0.05, 0.1) is 0 Å². The maximum absolute atomic E-state index is 12.6. The molecular weight excluding hydrogens is 330 g/mol. The van der Waals surface area contributed by atoms with Gasteiger partial charge in [0.25, 0.3) is 0 Å². The molecule has 19 heavy (non-hydrogen) atoms. The first-order chi connectivity index (χ1) is 8.96. The zero-order valence-corrected chi connectivity index (χ0v) is 13.5. The van der Waals surface area contributed by atoms with E-state index in [0.29, 0.717) is 16.8 Å². The van der Waals surface area contributed by atoms with Gasteiger partial charge in [0.2, 0.25) is 10.0 Å². The molecule has 1 aliphatic rings. The molecule has 1 saturated carbocycles. The molecule has 0 saturated heterocycles. The zero-order chi connectivity index (χ0) is 14.0. The van der Waals surface area contributed by atoms with Crippen LogP contribution in [-0.2, 0) is 10.0 Å². The van der Waals surface area contributed by atoms with E-state index in [-0.39, 0.29) is 10.9 Å². The van der Waals surface area contributed by atoms with Crippen molar-refractivity contribution in [3.63, 3.8) is 0 Å². The third kappa shape index (κ3) is 3.27. The van der Waals surface area contributed by atoms with Crippen LogP contribution in [0.2, 0.25) is 0 Å². The first kappa shape index (κ1) is 14.7. The van der Waals surface area contributed by atoms with Crippen molar-refractivity contribution in [2.24, 2.45) is 0 Å². The van der Waals surface area contributed by atoms with Crippen molar-refractivity contribution in [2.45, 2.75) is 37.1 Å². The van der Waals surface area contributed by atoms with Crippen LogP contribution in [0.4, 0.5) is 5.82 Å². The summed E-state index contributed by atoms with van der Waals surface area (Å²) < 4.78 is 27.3. The molecule has 1 aliphatic carbocycles. The van der Waals surface area contributed by atoms with Crippen LogP contribution in [0, 0.1) is 0 Å². The van der Waals surface area contributed by atoms with E-state index in [9.17, 15) is 8.42 Å². The molecule has 1 fully saturated rings. The Labute approximate surface area is 122 Å². The minimum Gasteiger partial charge on any atom is -0.369 e. The summed E-state index contributed by atoms with van der Waals surface area (Å²) in [5.74, 6) is 0.428. The predicted molar refractivity (Wildman–Crippen MR) is 78.7 cm³/mol. The van der Waals surface area contributed by atoms with E-state index in [0.717, 1.165) is 19.3 Å². The Morgan fingerprint density at radius 3 is 2.79 bits per heavy atom. The molecule has 0 aromatic carbocycles. The van der Waals surface area contributed by atoms with E-state index in [1.807, 2.05) is 6.92 Å². The first-order valence-electron chi connectivity index (χ1n) is 6.34. The number of nitrogens with one attached hydrogen (secondary N) is 1. The average molecular weight is 348 g/mol. The van der Waals surface area contributed by atoms with E-state index >= 15 is 0 Å². The van der Waals surface area contributed by atoms with Gasteiger partial charge in [-0.25, -0.2) is 13.4 Å². The third-order valence-electron chi connectivity index (χ3n) is 3.08. The summed E-state index contributed by atoms with van der Waals surface area (Å²) in [5.41, 5.74) is 0. The molecule has 0 spiro atoms. The van der Waals surface area contributed by atoms with Crippen LogP contribution in [-0.4, -0.2) is 37.3 Å². The molecule has 1 aromatic rings. The highest BCUT2D eigenvalue weighted by molar-refractivity contribution is 9.10. The van der Waals surface area contributed by atoms with Gasteiger partial charge in [0.15, 0.2) is 0 Å². The van der Waals surface area contributed by atoms with Gasteiger partial charge in [0, 0.05) is 30.3 Å². The van der Waals surface area contributed by atoms with Crippen LogP contribution in [0.3, 0.4) is 0 Å². The summed E-state index contributed by atoms with van der Waals surface area (Å²) in [6.45, 7) is 2.72. The van der Waals surface area contributed by atoms with Crippen molar-refractivity contribution in [2.75, 3.05) is 18.9 Å². The number of nitrogens with zero attached hydrogens (tertiary/aromatic N) is 2. The molecule has 2 rings (SSSR count). The second-order valence-corrected chi connectivity index (χ2v) is 7.56. The van der Waals surface area contributed by atoms with Crippen LogP contribution < -0.4 is 5.32 Å². The zero-order valence-electron chi connectivity index (χ0n) is 11.1. The summed E-state index contributed by atoms with van der Waals surface area (Å²) in [6, 6.07) is 1.75. The first-order valence-corrected chi connectivity index (χ1v) is 8.57. The number of halogens is 1. The van der Waals surface area contributed by atoms with Crippen molar-refractivity contribution in [1.82, 2.24) is 9.29 Å². The number of pyridine rings is 1. The maximum Gasteiger partial charge on any atom is 0.246 e. The van der Waals surface area contributed by atoms with Crippen LogP contribution in [0.5, 0.6) is 0 Å². The lowest BCUT2D eigenvalue weighted by Crippen LogP contribution is -2.29. The Morgan fingerprint density at radius 1 is 1.53 bits per heavy atom. The van der Waals surface area contributed by atoms with Gasteiger partial charge < -0.3 is 5.32 Å². The minimum atomic E-state index is -3.48. The number of hydrogen-bond acceptors (Lipinski definition) is 4. The van der Waals surface area contributed by atoms with Crippen LogP contribution in [0.15, 0.2) is 21.6 Å². The summed E-state index contributed by atoms with van der Waals surface area (Å²) in [5, 5.41) is 3.07. The van der Waals surface area contributed by atoms with E-state index in [1.54, 1.807) is 19.3 Å². The second-order valence-electron chi connectivity index (χ2n) is 4.68. The monoisotopic (exact) mass is 347 g/mol. The van der Waals surface area contributed by atoms with Gasteiger partial charge in [-0.1, -0.05) is 6.92 Å². The smallest absolute Gasteiger partial charge is 0.246 e. The number of anilines is 1.